The molecule has 2 aromatic rings. The molecule has 1 fully saturated rings. The van der Waals surface area contributed by atoms with Crippen LogP contribution in [0.2, 0.25) is 0 Å². The third-order valence-corrected chi connectivity index (χ3v) is 5.24. The number of ether oxygens (including phenoxy) is 1. The van der Waals surface area contributed by atoms with Gasteiger partial charge in [-0.15, -0.1) is 0 Å². The number of nitrogens with zero attached hydrogens (tertiary/aromatic N) is 2. The van der Waals surface area contributed by atoms with Crippen LogP contribution >= 0.6 is 15.9 Å². The fraction of sp³-hybridized carbons (Fsp3) is 0.350. The number of halogens is 1. The lowest BCUT2D eigenvalue weighted by molar-refractivity contribution is -0.384. The van der Waals surface area contributed by atoms with E-state index in [2.05, 4.69) is 21.2 Å². The van der Waals surface area contributed by atoms with Gasteiger partial charge in [0.05, 0.1) is 11.5 Å². The largest absolute Gasteiger partial charge is 0.492 e. The number of piperidine rings is 1. The van der Waals surface area contributed by atoms with E-state index in [1.807, 2.05) is 29.2 Å². The van der Waals surface area contributed by atoms with Crippen molar-refractivity contribution in [3.05, 3.63) is 63.1 Å². The van der Waals surface area contributed by atoms with Crippen LogP contribution in [0, 0.1) is 16.0 Å². The molecule has 1 heterocycles. The quantitative estimate of drug-likeness (QED) is 0.396. The van der Waals surface area contributed by atoms with E-state index < -0.39 is 0 Å². The summed E-state index contributed by atoms with van der Waals surface area (Å²) in [6.45, 7) is 2.09. The molecule has 1 saturated heterocycles. The van der Waals surface area contributed by atoms with E-state index in [1.165, 1.54) is 6.07 Å². The maximum Gasteiger partial charge on any atom is 0.292 e. The third-order valence-electron chi connectivity index (χ3n) is 4.75. The molecule has 0 unspecified atom stereocenters. The highest BCUT2D eigenvalue weighted by molar-refractivity contribution is 9.10. The number of amides is 1. The lowest BCUT2D eigenvalue weighted by Gasteiger charge is -2.32. The number of nitro groups is 1. The van der Waals surface area contributed by atoms with Crippen LogP contribution in [0.25, 0.3) is 0 Å². The Morgan fingerprint density at radius 1 is 1.21 bits per heavy atom. The Hall–Kier alpha value is -2.61. The number of para-hydroxylation sites is 2. The van der Waals surface area contributed by atoms with Crippen molar-refractivity contribution in [2.45, 2.75) is 12.8 Å². The van der Waals surface area contributed by atoms with Gasteiger partial charge in [0.1, 0.15) is 18.0 Å². The zero-order valence-corrected chi connectivity index (χ0v) is 16.9. The zero-order chi connectivity index (χ0) is 19.9. The predicted octanol–water partition coefficient (Wildman–Crippen LogP) is 3.77. The number of hydrogen-bond donors (Lipinski definition) is 1. The van der Waals surface area contributed by atoms with Crippen molar-refractivity contribution in [3.8, 4) is 5.75 Å². The van der Waals surface area contributed by atoms with Crippen LogP contribution in [0.5, 0.6) is 5.75 Å². The van der Waals surface area contributed by atoms with Crippen molar-refractivity contribution in [2.75, 3.05) is 31.1 Å². The Bertz CT molecular complexity index is 838. The molecule has 1 N–H and O–H groups in total. The number of anilines is 1. The van der Waals surface area contributed by atoms with Gasteiger partial charge in [0.2, 0.25) is 5.91 Å². The average Bonchev–Trinajstić information content (AvgIpc) is 2.71. The van der Waals surface area contributed by atoms with Gasteiger partial charge in [0.25, 0.3) is 5.69 Å². The van der Waals surface area contributed by atoms with Crippen LogP contribution in [0.4, 0.5) is 11.4 Å². The summed E-state index contributed by atoms with van der Waals surface area (Å²) in [5.41, 5.74) is 0.726. The fourth-order valence-corrected chi connectivity index (χ4v) is 3.69. The molecule has 7 nitrogen and oxygen atoms in total. The Labute approximate surface area is 172 Å². The van der Waals surface area contributed by atoms with Gasteiger partial charge >= 0.3 is 0 Å². The van der Waals surface area contributed by atoms with Gasteiger partial charge in [0.15, 0.2) is 0 Å². The maximum absolute atomic E-state index is 12.4. The van der Waals surface area contributed by atoms with Gasteiger partial charge in [-0.2, -0.15) is 0 Å². The lowest BCUT2D eigenvalue weighted by atomic mass is 9.95. The van der Waals surface area contributed by atoms with Crippen LogP contribution in [0.3, 0.4) is 0 Å². The minimum absolute atomic E-state index is 0.0139. The Morgan fingerprint density at radius 2 is 1.96 bits per heavy atom. The molecule has 2 aromatic carbocycles. The van der Waals surface area contributed by atoms with Crippen LogP contribution in [-0.4, -0.2) is 37.1 Å². The summed E-state index contributed by atoms with van der Waals surface area (Å²) in [7, 11) is 0. The molecule has 0 atom stereocenters. The molecule has 0 bridgehead atoms. The molecule has 1 aliphatic rings. The second-order valence-corrected chi connectivity index (χ2v) is 7.52. The monoisotopic (exact) mass is 447 g/mol. The molecule has 1 aliphatic heterocycles. The first-order valence-electron chi connectivity index (χ1n) is 9.19. The highest BCUT2D eigenvalue weighted by Gasteiger charge is 2.27. The van der Waals surface area contributed by atoms with E-state index in [0.717, 1.165) is 10.2 Å². The van der Waals surface area contributed by atoms with Crippen LogP contribution in [0.1, 0.15) is 12.8 Å². The first kappa shape index (κ1) is 20.1. The normalized spacial score (nSPS) is 14.5. The molecule has 1 amide bonds. The SMILES string of the molecule is O=C(NCCOc1cccc(Br)c1)C1CCN(c2ccccc2[N+](=O)[O-])CC1. The van der Waals surface area contributed by atoms with Crippen molar-refractivity contribution in [1.29, 1.82) is 0 Å². The van der Waals surface area contributed by atoms with Crippen LogP contribution < -0.4 is 15.0 Å². The van der Waals surface area contributed by atoms with E-state index in [-0.39, 0.29) is 22.4 Å². The number of carbonyl (C=O) groups excluding carboxylic acids is 1. The van der Waals surface area contributed by atoms with Gasteiger partial charge in [-0.3, -0.25) is 14.9 Å². The summed E-state index contributed by atoms with van der Waals surface area (Å²) in [4.78, 5) is 25.2. The summed E-state index contributed by atoms with van der Waals surface area (Å²) >= 11 is 3.39. The number of benzene rings is 2. The molecule has 148 valence electrons. The standard InChI is InChI=1S/C20H22BrN3O4/c21-16-4-3-5-17(14-16)28-13-10-22-20(25)15-8-11-23(12-9-15)18-6-1-2-7-19(18)24(26)27/h1-7,14-15H,8-13H2,(H,22,25). The lowest BCUT2D eigenvalue weighted by Crippen LogP contribution is -2.41. The van der Waals surface area contributed by atoms with Crippen LogP contribution in [-0.2, 0) is 4.79 Å². The number of hydrogen-bond acceptors (Lipinski definition) is 5. The first-order valence-corrected chi connectivity index (χ1v) is 9.98. The molecule has 0 radical (unpaired) electrons. The van der Waals surface area contributed by atoms with Gasteiger partial charge in [0, 0.05) is 29.5 Å². The van der Waals surface area contributed by atoms with Crippen molar-refractivity contribution in [3.63, 3.8) is 0 Å². The fourth-order valence-electron chi connectivity index (χ4n) is 3.31. The first-order chi connectivity index (χ1) is 13.5. The summed E-state index contributed by atoms with van der Waals surface area (Å²) in [5, 5.41) is 14.1. The minimum Gasteiger partial charge on any atom is -0.492 e. The smallest absolute Gasteiger partial charge is 0.292 e. The Kier molecular flexibility index (Phi) is 6.86. The Balaban J connectivity index is 1.43. The van der Waals surface area contributed by atoms with E-state index in [0.29, 0.717) is 44.8 Å². The molecule has 8 heteroatoms. The minimum atomic E-state index is -0.362. The number of rotatable bonds is 7. The van der Waals surface area contributed by atoms with Crippen molar-refractivity contribution < 1.29 is 14.5 Å². The molecule has 0 aromatic heterocycles. The topological polar surface area (TPSA) is 84.7 Å². The summed E-state index contributed by atoms with van der Waals surface area (Å²) in [5.74, 6) is 0.686. The van der Waals surface area contributed by atoms with E-state index >= 15 is 0 Å². The molecule has 3 rings (SSSR count). The highest BCUT2D eigenvalue weighted by Crippen LogP contribution is 2.31. The Morgan fingerprint density at radius 3 is 2.68 bits per heavy atom. The highest BCUT2D eigenvalue weighted by atomic mass is 79.9. The third kappa shape index (κ3) is 5.22. The summed E-state index contributed by atoms with van der Waals surface area (Å²) < 4.78 is 6.56. The average molecular weight is 448 g/mol. The van der Waals surface area contributed by atoms with Gasteiger partial charge in [-0.05, 0) is 37.1 Å². The summed E-state index contributed by atoms with van der Waals surface area (Å²) in [6.07, 6.45) is 1.34. The van der Waals surface area contributed by atoms with Gasteiger partial charge < -0.3 is 15.0 Å². The molecule has 0 saturated carbocycles. The van der Waals surface area contributed by atoms with Crippen molar-refractivity contribution in [1.82, 2.24) is 5.32 Å². The maximum atomic E-state index is 12.4. The van der Waals surface area contributed by atoms with E-state index in [9.17, 15) is 14.9 Å². The summed E-state index contributed by atoms with van der Waals surface area (Å²) in [6, 6.07) is 14.3. The van der Waals surface area contributed by atoms with Crippen LogP contribution in [0.15, 0.2) is 53.0 Å². The second kappa shape index (κ2) is 9.54. The van der Waals surface area contributed by atoms with E-state index in [1.54, 1.807) is 18.2 Å². The van der Waals surface area contributed by atoms with Crippen molar-refractivity contribution in [2.24, 2.45) is 5.92 Å². The molecular weight excluding hydrogens is 426 g/mol. The number of nitro benzene ring substituents is 1. The predicted molar refractivity (Wildman–Crippen MR) is 111 cm³/mol. The molecule has 28 heavy (non-hydrogen) atoms. The number of nitrogens with one attached hydrogen (secondary N) is 1. The van der Waals surface area contributed by atoms with Gasteiger partial charge in [-0.25, -0.2) is 0 Å². The number of carbonyl (C=O) groups is 1. The van der Waals surface area contributed by atoms with Crippen molar-refractivity contribution >= 4 is 33.2 Å². The van der Waals surface area contributed by atoms with Gasteiger partial charge in [-0.1, -0.05) is 34.1 Å². The zero-order valence-electron chi connectivity index (χ0n) is 15.3. The molecule has 0 spiro atoms. The second-order valence-electron chi connectivity index (χ2n) is 6.60. The molecular formula is C20H22BrN3O4. The van der Waals surface area contributed by atoms with E-state index in [4.69, 9.17) is 4.74 Å². The molecule has 0 aliphatic carbocycles.